The van der Waals surface area contributed by atoms with Gasteiger partial charge in [-0.15, -0.1) is 0 Å². The van der Waals surface area contributed by atoms with Crippen molar-refractivity contribution in [2.75, 3.05) is 6.54 Å². The lowest BCUT2D eigenvalue weighted by atomic mass is 9.95. The van der Waals surface area contributed by atoms with E-state index in [2.05, 4.69) is 35.4 Å². The summed E-state index contributed by atoms with van der Waals surface area (Å²) in [5, 5.41) is 5.37. The van der Waals surface area contributed by atoms with Crippen molar-refractivity contribution < 1.29 is 9.59 Å². The smallest absolute Gasteiger partial charge is 0.242 e. The number of allylic oxidation sites excluding steroid dienone is 5. The monoisotopic (exact) mass is 274 g/mol. The van der Waals surface area contributed by atoms with E-state index < -0.39 is 6.04 Å². The van der Waals surface area contributed by atoms with Crippen LogP contribution in [0.2, 0.25) is 0 Å². The Morgan fingerprint density at radius 2 is 2.30 bits per heavy atom. The molecule has 108 valence electrons. The van der Waals surface area contributed by atoms with Crippen LogP contribution in [0, 0.1) is 5.92 Å². The van der Waals surface area contributed by atoms with Crippen LogP contribution in [0.4, 0.5) is 0 Å². The summed E-state index contributed by atoms with van der Waals surface area (Å²) in [6.45, 7) is 7.18. The lowest BCUT2D eigenvalue weighted by Crippen LogP contribution is -2.44. The van der Waals surface area contributed by atoms with E-state index in [0.717, 1.165) is 12.0 Å². The maximum atomic E-state index is 11.8. The van der Waals surface area contributed by atoms with E-state index in [1.54, 1.807) is 13.0 Å². The molecule has 1 rings (SSSR count). The molecule has 1 aliphatic rings. The fraction of sp³-hybridized carbons (Fsp3) is 0.375. The van der Waals surface area contributed by atoms with Crippen LogP contribution < -0.4 is 10.6 Å². The number of carbonyl (C=O) groups excluding carboxylic acids is 2. The fourth-order valence-electron chi connectivity index (χ4n) is 1.96. The standard InChI is InChI=1S/C16H22N2O2/c1-4-5-7-14-8-6-9-15(10-14)11-17-16(20)12(2)18-13(3)19/h4-7,9-10,12,14H,1,8,11H2,2-3H3,(H,17,20)(H,18,19)/b7-5-/t12-,14?/m0/s1. The van der Waals surface area contributed by atoms with Crippen LogP contribution in [-0.2, 0) is 9.59 Å². The zero-order valence-electron chi connectivity index (χ0n) is 12.1. The third-order valence-corrected chi connectivity index (χ3v) is 2.94. The van der Waals surface area contributed by atoms with E-state index in [1.807, 2.05) is 12.2 Å². The van der Waals surface area contributed by atoms with Gasteiger partial charge in [0.1, 0.15) is 6.04 Å². The summed E-state index contributed by atoms with van der Waals surface area (Å²) in [6.07, 6.45) is 13.0. The molecule has 2 atom stereocenters. The second kappa shape index (κ2) is 8.15. The Hall–Kier alpha value is -2.10. The van der Waals surface area contributed by atoms with Crippen LogP contribution in [0.3, 0.4) is 0 Å². The second-order valence-electron chi connectivity index (χ2n) is 4.80. The van der Waals surface area contributed by atoms with Crippen LogP contribution in [0.15, 0.2) is 48.6 Å². The summed E-state index contributed by atoms with van der Waals surface area (Å²) in [6, 6.07) is -0.517. The Labute approximate surface area is 120 Å². The molecular formula is C16H22N2O2. The van der Waals surface area contributed by atoms with Gasteiger partial charge in [-0.05, 0) is 24.8 Å². The Kier molecular flexibility index (Phi) is 6.50. The SMILES string of the molecule is C=C/C=C\C1C=C(CNC(=O)[C@H](C)NC(C)=O)C=CC1. The predicted octanol–water partition coefficient (Wildman–Crippen LogP) is 1.87. The highest BCUT2D eigenvalue weighted by atomic mass is 16.2. The van der Waals surface area contributed by atoms with Gasteiger partial charge in [0, 0.05) is 13.5 Å². The van der Waals surface area contributed by atoms with Gasteiger partial charge in [0.05, 0.1) is 0 Å². The van der Waals surface area contributed by atoms with Crippen LogP contribution in [0.1, 0.15) is 20.3 Å². The predicted molar refractivity (Wildman–Crippen MR) is 81.0 cm³/mol. The van der Waals surface area contributed by atoms with Gasteiger partial charge in [-0.3, -0.25) is 9.59 Å². The highest BCUT2D eigenvalue weighted by molar-refractivity contribution is 5.86. The van der Waals surface area contributed by atoms with E-state index in [-0.39, 0.29) is 11.8 Å². The molecule has 2 amide bonds. The molecule has 0 aromatic carbocycles. The van der Waals surface area contributed by atoms with Gasteiger partial charge in [0.15, 0.2) is 0 Å². The Bertz CT molecular complexity index is 461. The topological polar surface area (TPSA) is 58.2 Å². The van der Waals surface area contributed by atoms with Crippen LogP contribution in [-0.4, -0.2) is 24.4 Å². The van der Waals surface area contributed by atoms with Gasteiger partial charge >= 0.3 is 0 Å². The number of hydrogen-bond acceptors (Lipinski definition) is 2. The normalized spacial score (nSPS) is 19.3. The highest BCUT2D eigenvalue weighted by Crippen LogP contribution is 2.17. The first-order chi connectivity index (χ1) is 9.52. The van der Waals surface area contributed by atoms with Crippen LogP contribution >= 0.6 is 0 Å². The molecule has 4 nitrogen and oxygen atoms in total. The van der Waals surface area contributed by atoms with Gasteiger partial charge in [-0.25, -0.2) is 0 Å². The number of rotatable bonds is 6. The Morgan fingerprint density at radius 1 is 1.55 bits per heavy atom. The lowest BCUT2D eigenvalue weighted by molar-refractivity contribution is -0.127. The summed E-state index contributed by atoms with van der Waals surface area (Å²) in [7, 11) is 0. The largest absolute Gasteiger partial charge is 0.350 e. The Morgan fingerprint density at radius 3 is 2.95 bits per heavy atom. The molecule has 0 radical (unpaired) electrons. The summed E-state index contributed by atoms with van der Waals surface area (Å²) in [5.74, 6) is -0.0463. The molecule has 0 spiro atoms. The summed E-state index contributed by atoms with van der Waals surface area (Å²) in [5.41, 5.74) is 1.07. The lowest BCUT2D eigenvalue weighted by Gasteiger charge is -2.16. The third kappa shape index (κ3) is 5.69. The molecule has 0 aliphatic heterocycles. The van der Waals surface area contributed by atoms with Crippen molar-refractivity contribution in [3.63, 3.8) is 0 Å². The molecule has 1 unspecified atom stereocenters. The van der Waals surface area contributed by atoms with Crippen molar-refractivity contribution >= 4 is 11.8 Å². The van der Waals surface area contributed by atoms with Crippen molar-refractivity contribution in [1.29, 1.82) is 0 Å². The highest BCUT2D eigenvalue weighted by Gasteiger charge is 2.14. The van der Waals surface area contributed by atoms with Gasteiger partial charge in [0.25, 0.3) is 0 Å². The summed E-state index contributed by atoms with van der Waals surface area (Å²) in [4.78, 5) is 22.6. The quantitative estimate of drug-likeness (QED) is 0.726. The molecule has 0 aromatic rings. The molecule has 0 fully saturated rings. The zero-order chi connectivity index (χ0) is 15.0. The second-order valence-corrected chi connectivity index (χ2v) is 4.80. The average molecular weight is 274 g/mol. The Balaban J connectivity index is 2.48. The molecule has 4 heteroatoms. The zero-order valence-corrected chi connectivity index (χ0v) is 12.1. The first-order valence-corrected chi connectivity index (χ1v) is 6.74. The van der Waals surface area contributed by atoms with Gasteiger partial charge in [-0.2, -0.15) is 0 Å². The number of carbonyl (C=O) groups is 2. The molecule has 0 aromatic heterocycles. The maximum Gasteiger partial charge on any atom is 0.242 e. The van der Waals surface area contributed by atoms with E-state index in [1.165, 1.54) is 6.92 Å². The third-order valence-electron chi connectivity index (χ3n) is 2.94. The molecule has 0 heterocycles. The van der Waals surface area contributed by atoms with E-state index in [0.29, 0.717) is 12.5 Å². The molecule has 1 aliphatic carbocycles. The average Bonchev–Trinajstić information content (AvgIpc) is 2.42. The molecular weight excluding hydrogens is 252 g/mol. The van der Waals surface area contributed by atoms with Crippen molar-refractivity contribution in [1.82, 2.24) is 10.6 Å². The number of amides is 2. The van der Waals surface area contributed by atoms with Gasteiger partial charge < -0.3 is 10.6 Å². The number of hydrogen-bond donors (Lipinski definition) is 2. The molecule has 0 saturated carbocycles. The van der Waals surface area contributed by atoms with E-state index >= 15 is 0 Å². The summed E-state index contributed by atoms with van der Waals surface area (Å²) >= 11 is 0. The number of nitrogens with one attached hydrogen (secondary N) is 2. The molecule has 20 heavy (non-hydrogen) atoms. The fourth-order valence-corrected chi connectivity index (χ4v) is 1.96. The van der Waals surface area contributed by atoms with E-state index in [9.17, 15) is 9.59 Å². The van der Waals surface area contributed by atoms with Crippen molar-refractivity contribution in [3.8, 4) is 0 Å². The van der Waals surface area contributed by atoms with E-state index in [4.69, 9.17) is 0 Å². The van der Waals surface area contributed by atoms with Crippen LogP contribution in [0.5, 0.6) is 0 Å². The van der Waals surface area contributed by atoms with Crippen molar-refractivity contribution in [2.45, 2.75) is 26.3 Å². The minimum atomic E-state index is -0.517. The summed E-state index contributed by atoms with van der Waals surface area (Å²) < 4.78 is 0. The first-order valence-electron chi connectivity index (χ1n) is 6.74. The van der Waals surface area contributed by atoms with Gasteiger partial charge in [0.2, 0.25) is 11.8 Å². The maximum absolute atomic E-state index is 11.8. The first kappa shape index (κ1) is 16.0. The van der Waals surface area contributed by atoms with Crippen molar-refractivity contribution in [3.05, 3.63) is 48.6 Å². The van der Waals surface area contributed by atoms with Crippen LogP contribution in [0.25, 0.3) is 0 Å². The van der Waals surface area contributed by atoms with Crippen molar-refractivity contribution in [2.24, 2.45) is 5.92 Å². The minimum absolute atomic E-state index is 0.182. The molecule has 0 saturated heterocycles. The minimum Gasteiger partial charge on any atom is -0.350 e. The van der Waals surface area contributed by atoms with Gasteiger partial charge in [-0.1, -0.05) is 43.0 Å². The molecule has 0 bridgehead atoms. The molecule has 2 N–H and O–H groups in total.